The zero-order valence-corrected chi connectivity index (χ0v) is 20.7. The third-order valence-electron chi connectivity index (χ3n) is 5.56. The van der Waals surface area contributed by atoms with Crippen LogP contribution in [0.2, 0.25) is 0 Å². The molecular weight excluding hydrogens is 421 g/mol. The normalized spacial score (nSPS) is 19.7. The highest BCUT2D eigenvalue weighted by atomic mass is 32.3. The van der Waals surface area contributed by atoms with E-state index in [9.17, 15) is 4.39 Å². The molecule has 2 N–H and O–H groups in total. The van der Waals surface area contributed by atoms with E-state index in [-0.39, 0.29) is 17.8 Å². The van der Waals surface area contributed by atoms with E-state index in [1.165, 1.54) is 18.3 Å². The first-order valence-electron chi connectivity index (χ1n) is 10.2. The minimum atomic E-state index is -1.02. The Morgan fingerprint density at radius 1 is 1.13 bits per heavy atom. The summed E-state index contributed by atoms with van der Waals surface area (Å²) in [7, 11) is -1.63. The van der Waals surface area contributed by atoms with Gasteiger partial charge in [0.05, 0.1) is 17.8 Å². The first-order valence-corrected chi connectivity index (χ1v) is 13.2. The zero-order chi connectivity index (χ0) is 23.6. The van der Waals surface area contributed by atoms with Crippen molar-refractivity contribution in [2.75, 3.05) is 37.9 Å². The van der Waals surface area contributed by atoms with Crippen molar-refractivity contribution in [3.8, 4) is 0 Å². The predicted octanol–water partition coefficient (Wildman–Crippen LogP) is 3.69. The summed E-state index contributed by atoms with van der Waals surface area (Å²) in [5.74, 6) is -1.07. The van der Waals surface area contributed by atoms with Crippen LogP contribution in [0.25, 0.3) is 5.57 Å². The van der Waals surface area contributed by atoms with Gasteiger partial charge in [-0.3, -0.25) is 4.99 Å². The molecule has 0 amide bonds. The third kappa shape index (κ3) is 6.31. The lowest BCUT2D eigenvalue weighted by Crippen LogP contribution is -2.41. The minimum Gasteiger partial charge on any atom is -0.402 e. The lowest BCUT2D eigenvalue weighted by molar-refractivity contribution is 0.00578. The van der Waals surface area contributed by atoms with Crippen LogP contribution in [-0.4, -0.2) is 62.4 Å². The number of benzene rings is 1. The number of hydrogen-bond acceptors (Lipinski definition) is 5. The fraction of sp³-hybridized carbons (Fsp3) is 0.591. The van der Waals surface area contributed by atoms with Crippen LogP contribution in [0.15, 0.2) is 22.8 Å². The van der Waals surface area contributed by atoms with Crippen LogP contribution in [-0.2, 0) is 14.0 Å². The standard InChI is InChI=1S/C22H35BF2N2O3S/c1-15(26)17(13-27-14-28-11-12-31(6,7)8)16-9-10-18(20(25)19(16)24)23-29-21(2,3)22(4,5)30-23/h9-10,13H,11-12,14,26H2,1-8H3. The van der Waals surface area contributed by atoms with Gasteiger partial charge in [0.25, 0.3) is 0 Å². The molecule has 1 aliphatic heterocycles. The Labute approximate surface area is 186 Å². The summed E-state index contributed by atoms with van der Waals surface area (Å²) >= 11 is 0. The van der Waals surface area contributed by atoms with E-state index in [4.69, 9.17) is 19.8 Å². The number of nitrogens with zero attached hydrogens (tertiary/aromatic N) is 1. The largest absolute Gasteiger partial charge is 0.497 e. The maximum absolute atomic E-state index is 15.0. The lowest BCUT2D eigenvalue weighted by Gasteiger charge is -2.32. The average Bonchev–Trinajstić information content (AvgIpc) is 2.83. The molecule has 0 aliphatic carbocycles. The number of nitrogens with two attached hydrogens (primary N) is 1. The highest BCUT2D eigenvalue weighted by Gasteiger charge is 2.52. The topological polar surface area (TPSA) is 66.1 Å². The SMILES string of the molecule is CC(N)=C(C=NCOCCS(C)(C)C)c1ccc(B2OC(C)(C)C(C)(C)O2)c(F)c1F. The van der Waals surface area contributed by atoms with E-state index >= 15 is 4.39 Å². The van der Waals surface area contributed by atoms with E-state index in [0.29, 0.717) is 17.9 Å². The van der Waals surface area contributed by atoms with Gasteiger partial charge >= 0.3 is 7.12 Å². The number of rotatable bonds is 8. The molecule has 0 spiro atoms. The fourth-order valence-electron chi connectivity index (χ4n) is 2.86. The van der Waals surface area contributed by atoms with E-state index in [0.717, 1.165) is 5.75 Å². The molecule has 1 heterocycles. The molecule has 0 radical (unpaired) electrons. The first-order chi connectivity index (χ1) is 14.2. The number of hydrogen-bond donors (Lipinski definition) is 1. The lowest BCUT2D eigenvalue weighted by atomic mass is 9.77. The zero-order valence-electron chi connectivity index (χ0n) is 19.8. The molecule has 174 valence electrons. The second-order valence-electron chi connectivity index (χ2n) is 9.66. The summed E-state index contributed by atoms with van der Waals surface area (Å²) in [5.41, 5.74) is 5.29. The van der Waals surface area contributed by atoms with Gasteiger partial charge in [0.2, 0.25) is 0 Å². The molecule has 1 aliphatic rings. The predicted molar refractivity (Wildman–Crippen MR) is 128 cm³/mol. The molecule has 2 rings (SSSR count). The van der Waals surface area contributed by atoms with Gasteiger partial charge in [-0.15, -0.1) is 0 Å². The van der Waals surface area contributed by atoms with Crippen LogP contribution in [0, 0.1) is 11.6 Å². The van der Waals surface area contributed by atoms with Gasteiger partial charge in [0.15, 0.2) is 11.6 Å². The molecule has 5 nitrogen and oxygen atoms in total. The van der Waals surface area contributed by atoms with Crippen LogP contribution in [0.4, 0.5) is 8.78 Å². The van der Waals surface area contributed by atoms with Gasteiger partial charge in [0, 0.05) is 34.3 Å². The van der Waals surface area contributed by atoms with Crippen molar-refractivity contribution in [1.29, 1.82) is 0 Å². The number of ether oxygens (including phenoxy) is 1. The molecule has 1 aromatic carbocycles. The van der Waals surface area contributed by atoms with Crippen molar-refractivity contribution in [3.05, 3.63) is 35.0 Å². The van der Waals surface area contributed by atoms with Gasteiger partial charge in [-0.25, -0.2) is 18.8 Å². The molecule has 1 aromatic rings. The summed E-state index contributed by atoms with van der Waals surface area (Å²) < 4.78 is 47.2. The summed E-state index contributed by atoms with van der Waals surface area (Å²) in [6.07, 6.45) is 8.06. The number of allylic oxidation sites excluding steroid dienone is 2. The van der Waals surface area contributed by atoms with Crippen LogP contribution in [0.5, 0.6) is 0 Å². The monoisotopic (exact) mass is 456 g/mol. The number of aliphatic imine (C=N–C) groups is 1. The van der Waals surface area contributed by atoms with Crippen molar-refractivity contribution < 1.29 is 22.8 Å². The summed E-state index contributed by atoms with van der Waals surface area (Å²) in [4.78, 5) is 4.18. The Bertz CT molecular complexity index is 847. The van der Waals surface area contributed by atoms with Gasteiger partial charge in [0.1, 0.15) is 6.73 Å². The molecular formula is C22H35BF2N2O3S. The summed E-state index contributed by atoms with van der Waals surface area (Å²) in [5, 5.41) is 0. The first kappa shape index (κ1) is 25.8. The summed E-state index contributed by atoms with van der Waals surface area (Å²) in [6.45, 7) is 9.77. The number of halogens is 2. The van der Waals surface area contributed by atoms with Crippen molar-refractivity contribution in [1.82, 2.24) is 0 Å². The molecule has 0 atom stereocenters. The van der Waals surface area contributed by atoms with Crippen LogP contribution in [0.1, 0.15) is 40.2 Å². The van der Waals surface area contributed by atoms with E-state index < -0.39 is 40.0 Å². The van der Waals surface area contributed by atoms with Crippen LogP contribution < -0.4 is 11.2 Å². The molecule has 0 aromatic heterocycles. The van der Waals surface area contributed by atoms with Crippen molar-refractivity contribution in [2.45, 2.75) is 45.8 Å². The fourth-order valence-corrected chi connectivity index (χ4v) is 3.48. The van der Waals surface area contributed by atoms with Crippen molar-refractivity contribution in [3.63, 3.8) is 0 Å². The third-order valence-corrected chi connectivity index (χ3v) is 6.95. The Morgan fingerprint density at radius 2 is 1.71 bits per heavy atom. The Balaban J connectivity index is 2.19. The van der Waals surface area contributed by atoms with Gasteiger partial charge in [-0.2, -0.15) is 0 Å². The van der Waals surface area contributed by atoms with Crippen molar-refractivity contribution in [2.24, 2.45) is 10.7 Å². The quantitative estimate of drug-likeness (QED) is 0.368. The van der Waals surface area contributed by atoms with E-state index in [1.54, 1.807) is 6.92 Å². The van der Waals surface area contributed by atoms with Crippen LogP contribution in [0.3, 0.4) is 0 Å². The molecule has 9 heteroatoms. The van der Waals surface area contributed by atoms with E-state index in [2.05, 4.69) is 23.8 Å². The summed E-state index contributed by atoms with van der Waals surface area (Å²) in [6, 6.07) is 2.94. The molecule has 0 unspecified atom stereocenters. The van der Waals surface area contributed by atoms with Gasteiger partial charge in [-0.1, -0.05) is 12.1 Å². The molecule has 1 saturated heterocycles. The smallest absolute Gasteiger partial charge is 0.402 e. The van der Waals surface area contributed by atoms with Gasteiger partial charge in [-0.05, 0) is 53.4 Å². The van der Waals surface area contributed by atoms with Crippen molar-refractivity contribution >= 4 is 34.4 Å². The Kier molecular flexibility index (Phi) is 8.01. The van der Waals surface area contributed by atoms with E-state index in [1.807, 2.05) is 27.7 Å². The maximum Gasteiger partial charge on any atom is 0.497 e. The highest BCUT2D eigenvalue weighted by Crippen LogP contribution is 2.37. The second-order valence-corrected chi connectivity index (χ2v) is 14.2. The molecule has 0 bridgehead atoms. The van der Waals surface area contributed by atoms with Gasteiger partial charge < -0.3 is 19.8 Å². The Morgan fingerprint density at radius 3 is 2.23 bits per heavy atom. The highest BCUT2D eigenvalue weighted by molar-refractivity contribution is 8.32. The van der Waals surface area contributed by atoms with Crippen LogP contribution >= 0.6 is 10.0 Å². The molecule has 31 heavy (non-hydrogen) atoms. The Hall–Kier alpha value is -1.42. The molecule has 1 fully saturated rings. The average molecular weight is 456 g/mol. The molecule has 0 saturated carbocycles. The second kappa shape index (κ2) is 9.61. The minimum absolute atomic E-state index is 0.0128. The maximum atomic E-state index is 15.0.